The Balaban J connectivity index is 1.64. The number of fused-ring (bicyclic) bond motifs is 1. The fourth-order valence-electron chi connectivity index (χ4n) is 2.72. The van der Waals surface area contributed by atoms with E-state index in [4.69, 9.17) is 0 Å². The Morgan fingerprint density at radius 1 is 1.10 bits per heavy atom. The second-order valence-electron chi connectivity index (χ2n) is 5.22. The third kappa shape index (κ3) is 2.99. The van der Waals surface area contributed by atoms with Crippen LogP contribution in [0.15, 0.2) is 42.5 Å². The first kappa shape index (κ1) is 13.1. The van der Waals surface area contributed by atoms with Gasteiger partial charge in [-0.2, -0.15) is 0 Å². The summed E-state index contributed by atoms with van der Waals surface area (Å²) < 4.78 is 13.1. The SMILES string of the molecule is Fc1cccc(CNCc2cccc3c2NCCC3)c1. The summed E-state index contributed by atoms with van der Waals surface area (Å²) in [5.41, 5.74) is 4.95. The Labute approximate surface area is 119 Å². The van der Waals surface area contributed by atoms with Crippen molar-refractivity contribution in [1.82, 2.24) is 5.32 Å². The smallest absolute Gasteiger partial charge is 0.123 e. The van der Waals surface area contributed by atoms with Crippen molar-refractivity contribution in [3.8, 4) is 0 Å². The van der Waals surface area contributed by atoms with Gasteiger partial charge in [0.15, 0.2) is 0 Å². The van der Waals surface area contributed by atoms with E-state index in [1.165, 1.54) is 29.3 Å². The van der Waals surface area contributed by atoms with Crippen LogP contribution in [0.4, 0.5) is 10.1 Å². The van der Waals surface area contributed by atoms with Crippen molar-refractivity contribution >= 4 is 5.69 Å². The number of benzene rings is 2. The molecule has 2 aromatic carbocycles. The molecule has 0 amide bonds. The van der Waals surface area contributed by atoms with Gasteiger partial charge in [0.2, 0.25) is 0 Å². The number of aryl methyl sites for hydroxylation is 1. The zero-order chi connectivity index (χ0) is 13.8. The quantitative estimate of drug-likeness (QED) is 0.889. The van der Waals surface area contributed by atoms with E-state index < -0.39 is 0 Å². The molecule has 0 saturated heterocycles. The van der Waals surface area contributed by atoms with Gasteiger partial charge in [0, 0.05) is 25.3 Å². The van der Waals surface area contributed by atoms with Gasteiger partial charge in [0.25, 0.3) is 0 Å². The standard InChI is InChI=1S/C17H19FN2/c18-16-8-1-4-13(10-16)11-19-12-15-6-2-5-14-7-3-9-20-17(14)15/h1-2,4-6,8,10,19-20H,3,7,9,11-12H2. The van der Waals surface area contributed by atoms with Gasteiger partial charge in [-0.15, -0.1) is 0 Å². The molecule has 20 heavy (non-hydrogen) atoms. The van der Waals surface area contributed by atoms with Crippen LogP contribution in [0.1, 0.15) is 23.1 Å². The molecule has 0 spiro atoms. The van der Waals surface area contributed by atoms with E-state index in [1.54, 1.807) is 12.1 Å². The third-order valence-corrected chi connectivity index (χ3v) is 3.70. The molecule has 3 rings (SSSR count). The summed E-state index contributed by atoms with van der Waals surface area (Å²) in [5, 5.41) is 6.88. The highest BCUT2D eigenvalue weighted by Gasteiger charge is 2.11. The highest BCUT2D eigenvalue weighted by atomic mass is 19.1. The molecule has 0 aromatic heterocycles. The van der Waals surface area contributed by atoms with Crippen molar-refractivity contribution in [3.63, 3.8) is 0 Å². The molecule has 0 fully saturated rings. The topological polar surface area (TPSA) is 24.1 Å². The van der Waals surface area contributed by atoms with Crippen LogP contribution in [0.5, 0.6) is 0 Å². The Kier molecular flexibility index (Phi) is 3.97. The molecule has 1 aliphatic rings. The number of para-hydroxylation sites is 1. The minimum atomic E-state index is -0.178. The average Bonchev–Trinajstić information content (AvgIpc) is 2.48. The molecular formula is C17H19FN2. The summed E-state index contributed by atoms with van der Waals surface area (Å²) in [6, 6.07) is 13.2. The van der Waals surface area contributed by atoms with Crippen molar-refractivity contribution in [1.29, 1.82) is 0 Å². The summed E-state index contributed by atoms with van der Waals surface area (Å²) in [6.07, 6.45) is 2.35. The second-order valence-corrected chi connectivity index (χ2v) is 5.22. The number of hydrogen-bond donors (Lipinski definition) is 2. The molecule has 1 aliphatic heterocycles. The summed E-state index contributed by atoms with van der Waals surface area (Å²) in [6.45, 7) is 2.53. The highest BCUT2D eigenvalue weighted by Crippen LogP contribution is 2.25. The lowest BCUT2D eigenvalue weighted by Crippen LogP contribution is -2.18. The van der Waals surface area contributed by atoms with E-state index >= 15 is 0 Å². The van der Waals surface area contributed by atoms with Crippen molar-refractivity contribution in [2.45, 2.75) is 25.9 Å². The van der Waals surface area contributed by atoms with Crippen molar-refractivity contribution in [2.75, 3.05) is 11.9 Å². The van der Waals surface area contributed by atoms with Crippen LogP contribution in [0.25, 0.3) is 0 Å². The first-order valence-electron chi connectivity index (χ1n) is 7.13. The van der Waals surface area contributed by atoms with Gasteiger partial charge >= 0.3 is 0 Å². The molecule has 3 heteroatoms. The molecule has 0 atom stereocenters. The van der Waals surface area contributed by atoms with Crippen molar-refractivity contribution < 1.29 is 4.39 Å². The lowest BCUT2D eigenvalue weighted by atomic mass is 9.99. The predicted molar refractivity (Wildman–Crippen MR) is 80.2 cm³/mol. The normalized spacial score (nSPS) is 13.7. The number of rotatable bonds is 4. The Morgan fingerprint density at radius 3 is 2.90 bits per heavy atom. The third-order valence-electron chi connectivity index (χ3n) is 3.70. The van der Waals surface area contributed by atoms with E-state index in [9.17, 15) is 4.39 Å². The maximum Gasteiger partial charge on any atom is 0.123 e. The van der Waals surface area contributed by atoms with Gasteiger partial charge < -0.3 is 10.6 Å². The van der Waals surface area contributed by atoms with Gasteiger partial charge in [-0.3, -0.25) is 0 Å². The van der Waals surface area contributed by atoms with Crippen LogP contribution in [0, 0.1) is 5.82 Å². The van der Waals surface area contributed by atoms with E-state index in [1.807, 2.05) is 6.07 Å². The van der Waals surface area contributed by atoms with Crippen LogP contribution in [-0.4, -0.2) is 6.54 Å². The Hall–Kier alpha value is -1.87. The molecule has 0 radical (unpaired) electrons. The maximum atomic E-state index is 13.1. The number of anilines is 1. The van der Waals surface area contributed by atoms with Gasteiger partial charge in [-0.25, -0.2) is 4.39 Å². The molecule has 0 aliphatic carbocycles. The molecule has 0 bridgehead atoms. The van der Waals surface area contributed by atoms with Crippen LogP contribution in [-0.2, 0) is 19.5 Å². The van der Waals surface area contributed by atoms with Crippen LogP contribution >= 0.6 is 0 Å². The molecule has 104 valence electrons. The lowest BCUT2D eigenvalue weighted by molar-refractivity contribution is 0.620. The minimum Gasteiger partial charge on any atom is -0.385 e. The Morgan fingerprint density at radius 2 is 2.00 bits per heavy atom. The summed E-state index contributed by atoms with van der Waals surface area (Å²) in [7, 11) is 0. The maximum absolute atomic E-state index is 13.1. The van der Waals surface area contributed by atoms with E-state index in [0.29, 0.717) is 6.54 Å². The molecule has 2 aromatic rings. The Bertz CT molecular complexity index is 595. The molecule has 1 heterocycles. The molecule has 2 N–H and O–H groups in total. The van der Waals surface area contributed by atoms with Gasteiger partial charge in [0.1, 0.15) is 5.82 Å². The highest BCUT2D eigenvalue weighted by molar-refractivity contribution is 5.59. The van der Waals surface area contributed by atoms with E-state index in [-0.39, 0.29) is 5.82 Å². The molecule has 0 unspecified atom stereocenters. The summed E-state index contributed by atoms with van der Waals surface area (Å²) in [5.74, 6) is -0.178. The van der Waals surface area contributed by atoms with E-state index in [2.05, 4.69) is 28.8 Å². The number of nitrogens with one attached hydrogen (secondary N) is 2. The van der Waals surface area contributed by atoms with Crippen molar-refractivity contribution in [2.24, 2.45) is 0 Å². The first-order chi connectivity index (χ1) is 9.83. The average molecular weight is 270 g/mol. The fourth-order valence-corrected chi connectivity index (χ4v) is 2.72. The molecule has 0 saturated carbocycles. The fraction of sp³-hybridized carbons (Fsp3) is 0.294. The number of hydrogen-bond acceptors (Lipinski definition) is 2. The van der Waals surface area contributed by atoms with Crippen LogP contribution in [0.3, 0.4) is 0 Å². The number of halogens is 1. The van der Waals surface area contributed by atoms with E-state index in [0.717, 1.165) is 25.1 Å². The minimum absolute atomic E-state index is 0.178. The zero-order valence-corrected chi connectivity index (χ0v) is 11.5. The first-order valence-corrected chi connectivity index (χ1v) is 7.13. The lowest BCUT2D eigenvalue weighted by Gasteiger charge is -2.21. The van der Waals surface area contributed by atoms with Crippen LogP contribution in [0.2, 0.25) is 0 Å². The monoisotopic (exact) mass is 270 g/mol. The van der Waals surface area contributed by atoms with Gasteiger partial charge in [-0.1, -0.05) is 30.3 Å². The second kappa shape index (κ2) is 6.06. The largest absolute Gasteiger partial charge is 0.385 e. The molecular weight excluding hydrogens is 251 g/mol. The van der Waals surface area contributed by atoms with Gasteiger partial charge in [0.05, 0.1) is 0 Å². The van der Waals surface area contributed by atoms with Gasteiger partial charge in [-0.05, 0) is 41.7 Å². The summed E-state index contributed by atoms with van der Waals surface area (Å²) in [4.78, 5) is 0. The molecule has 2 nitrogen and oxygen atoms in total. The summed E-state index contributed by atoms with van der Waals surface area (Å²) >= 11 is 0. The predicted octanol–water partition coefficient (Wildman–Crippen LogP) is 3.47. The zero-order valence-electron chi connectivity index (χ0n) is 11.5. The van der Waals surface area contributed by atoms with Crippen LogP contribution < -0.4 is 10.6 Å². The van der Waals surface area contributed by atoms with Crippen molar-refractivity contribution in [3.05, 3.63) is 65.0 Å².